The second-order valence-corrected chi connectivity index (χ2v) is 4.58. The lowest BCUT2D eigenvalue weighted by Gasteiger charge is -1.99. The van der Waals surface area contributed by atoms with E-state index in [-0.39, 0.29) is 0 Å². The van der Waals surface area contributed by atoms with Crippen molar-refractivity contribution in [1.82, 2.24) is 15.2 Å². The summed E-state index contributed by atoms with van der Waals surface area (Å²) in [5.74, 6) is 2.42. The first-order chi connectivity index (χ1) is 7.65. The second-order valence-electron chi connectivity index (χ2n) is 4.58. The van der Waals surface area contributed by atoms with Gasteiger partial charge in [0.05, 0.1) is 0 Å². The lowest BCUT2D eigenvalue weighted by molar-refractivity contribution is 0.622. The molecule has 0 bridgehead atoms. The number of H-pyrrole nitrogens is 1. The van der Waals surface area contributed by atoms with Gasteiger partial charge in [0.15, 0.2) is 5.82 Å². The van der Waals surface area contributed by atoms with E-state index < -0.39 is 0 Å². The number of aryl methyl sites for hydroxylation is 1. The number of aromatic amines is 1. The van der Waals surface area contributed by atoms with Crippen molar-refractivity contribution in [3.05, 3.63) is 35.7 Å². The fourth-order valence-corrected chi connectivity index (χ4v) is 1.62. The highest BCUT2D eigenvalue weighted by Gasteiger charge is 2.06. The van der Waals surface area contributed by atoms with Gasteiger partial charge in [-0.1, -0.05) is 43.7 Å². The number of hydrogen-bond donors (Lipinski definition) is 1. The van der Waals surface area contributed by atoms with Gasteiger partial charge in [-0.05, 0) is 12.8 Å². The molecule has 1 aromatic carbocycles. The lowest BCUT2D eigenvalue weighted by atomic mass is 10.1. The minimum Gasteiger partial charge on any atom is -0.325 e. The van der Waals surface area contributed by atoms with Crippen LogP contribution in [0, 0.1) is 12.8 Å². The van der Waals surface area contributed by atoms with Crippen LogP contribution in [-0.2, 0) is 6.42 Å². The van der Waals surface area contributed by atoms with Crippen LogP contribution in [0.2, 0.25) is 0 Å². The summed E-state index contributed by atoms with van der Waals surface area (Å²) in [5.41, 5.74) is 2.35. The van der Waals surface area contributed by atoms with Gasteiger partial charge >= 0.3 is 0 Å². The number of rotatable bonds is 3. The number of benzene rings is 1. The van der Waals surface area contributed by atoms with Crippen molar-refractivity contribution >= 4 is 0 Å². The third kappa shape index (κ3) is 2.48. The van der Waals surface area contributed by atoms with Gasteiger partial charge in [0.1, 0.15) is 5.82 Å². The smallest absolute Gasteiger partial charge is 0.161 e. The molecular weight excluding hydrogens is 198 g/mol. The Morgan fingerprint density at radius 1 is 1.12 bits per heavy atom. The summed E-state index contributed by atoms with van der Waals surface area (Å²) >= 11 is 0. The molecule has 2 aromatic rings. The largest absolute Gasteiger partial charge is 0.325 e. The van der Waals surface area contributed by atoms with Crippen LogP contribution in [0.3, 0.4) is 0 Å². The zero-order valence-corrected chi connectivity index (χ0v) is 9.99. The fraction of sp³-hybridized carbons (Fsp3) is 0.385. The summed E-state index contributed by atoms with van der Waals surface area (Å²) in [4.78, 5) is 3.26. The van der Waals surface area contributed by atoms with E-state index >= 15 is 0 Å². The van der Waals surface area contributed by atoms with Crippen LogP contribution in [0.15, 0.2) is 24.3 Å². The van der Waals surface area contributed by atoms with Gasteiger partial charge in [0, 0.05) is 12.0 Å². The summed E-state index contributed by atoms with van der Waals surface area (Å²) in [5, 5.41) is 8.31. The molecule has 3 heteroatoms. The van der Waals surface area contributed by atoms with E-state index in [1.807, 2.05) is 0 Å². The summed E-state index contributed by atoms with van der Waals surface area (Å²) in [6, 6.07) is 8.30. The minimum absolute atomic E-state index is 0.596. The van der Waals surface area contributed by atoms with Crippen LogP contribution in [0.25, 0.3) is 11.4 Å². The molecule has 1 aromatic heterocycles. The molecule has 1 heterocycles. The van der Waals surface area contributed by atoms with Crippen molar-refractivity contribution in [3.63, 3.8) is 0 Å². The van der Waals surface area contributed by atoms with Crippen molar-refractivity contribution in [3.8, 4) is 11.4 Å². The van der Waals surface area contributed by atoms with Crippen LogP contribution in [0.5, 0.6) is 0 Å². The Bertz CT molecular complexity index is 454. The molecule has 0 saturated heterocycles. The molecule has 16 heavy (non-hydrogen) atoms. The van der Waals surface area contributed by atoms with Crippen LogP contribution in [0.1, 0.15) is 25.2 Å². The Morgan fingerprint density at radius 2 is 1.81 bits per heavy atom. The van der Waals surface area contributed by atoms with Crippen molar-refractivity contribution in [2.75, 3.05) is 0 Å². The molecule has 84 valence electrons. The van der Waals surface area contributed by atoms with Gasteiger partial charge in [0.2, 0.25) is 0 Å². The molecule has 0 unspecified atom stereocenters. The van der Waals surface area contributed by atoms with Gasteiger partial charge in [0.25, 0.3) is 0 Å². The number of hydrogen-bond acceptors (Lipinski definition) is 2. The topological polar surface area (TPSA) is 41.6 Å². The molecule has 0 amide bonds. The Labute approximate surface area is 95.9 Å². The average Bonchev–Trinajstić information content (AvgIpc) is 2.66. The van der Waals surface area contributed by atoms with Crippen LogP contribution in [-0.4, -0.2) is 15.2 Å². The van der Waals surface area contributed by atoms with E-state index in [0.29, 0.717) is 5.92 Å². The zero-order valence-electron chi connectivity index (χ0n) is 9.99. The molecule has 0 saturated carbocycles. The molecule has 0 fully saturated rings. The maximum absolute atomic E-state index is 4.16. The summed E-state index contributed by atoms with van der Waals surface area (Å²) in [7, 11) is 0. The third-order valence-electron chi connectivity index (χ3n) is 2.46. The van der Waals surface area contributed by atoms with Gasteiger partial charge in [-0.3, -0.25) is 0 Å². The van der Waals surface area contributed by atoms with Crippen LogP contribution >= 0.6 is 0 Å². The fourth-order valence-electron chi connectivity index (χ4n) is 1.62. The summed E-state index contributed by atoms with van der Waals surface area (Å²) < 4.78 is 0. The molecule has 0 aliphatic carbocycles. The Morgan fingerprint density at radius 3 is 2.44 bits per heavy atom. The molecule has 0 aliphatic heterocycles. The Kier molecular flexibility index (Phi) is 3.04. The van der Waals surface area contributed by atoms with E-state index in [1.54, 1.807) is 0 Å². The van der Waals surface area contributed by atoms with E-state index in [2.05, 4.69) is 60.2 Å². The first kappa shape index (κ1) is 10.9. The van der Waals surface area contributed by atoms with E-state index in [4.69, 9.17) is 0 Å². The van der Waals surface area contributed by atoms with Crippen molar-refractivity contribution < 1.29 is 0 Å². The third-order valence-corrected chi connectivity index (χ3v) is 2.46. The van der Waals surface area contributed by atoms with Crippen molar-refractivity contribution in [2.45, 2.75) is 27.2 Å². The maximum Gasteiger partial charge on any atom is 0.161 e. The highest BCUT2D eigenvalue weighted by atomic mass is 15.2. The first-order valence-corrected chi connectivity index (χ1v) is 5.64. The molecule has 0 atom stereocenters. The molecule has 1 N–H and O–H groups in total. The van der Waals surface area contributed by atoms with Crippen LogP contribution < -0.4 is 0 Å². The monoisotopic (exact) mass is 215 g/mol. The first-order valence-electron chi connectivity index (χ1n) is 5.64. The SMILES string of the molecule is Cc1ccc(-c2nnc(CC(C)C)[nH]2)cc1. The number of aromatic nitrogens is 3. The zero-order chi connectivity index (χ0) is 11.5. The molecular formula is C13H17N3. The lowest BCUT2D eigenvalue weighted by Crippen LogP contribution is -1.95. The average molecular weight is 215 g/mol. The quantitative estimate of drug-likeness (QED) is 0.855. The van der Waals surface area contributed by atoms with Crippen molar-refractivity contribution in [1.29, 1.82) is 0 Å². The maximum atomic E-state index is 4.16. The molecule has 2 rings (SSSR count). The van der Waals surface area contributed by atoms with Gasteiger partial charge in [-0.25, -0.2) is 0 Å². The predicted octanol–water partition coefficient (Wildman–Crippen LogP) is 2.98. The number of nitrogens with one attached hydrogen (secondary N) is 1. The Hall–Kier alpha value is -1.64. The van der Waals surface area contributed by atoms with Crippen LogP contribution in [0.4, 0.5) is 0 Å². The highest BCUT2D eigenvalue weighted by Crippen LogP contribution is 2.15. The standard InChI is InChI=1S/C13H17N3/c1-9(2)8-12-14-13(16-15-12)11-6-4-10(3)5-7-11/h4-7,9H,8H2,1-3H3,(H,14,15,16). The summed E-state index contributed by atoms with van der Waals surface area (Å²) in [6.07, 6.45) is 0.943. The molecule has 0 spiro atoms. The van der Waals surface area contributed by atoms with Gasteiger partial charge in [-0.15, -0.1) is 10.2 Å². The van der Waals surface area contributed by atoms with Gasteiger partial charge in [-0.2, -0.15) is 0 Å². The summed E-state index contributed by atoms with van der Waals surface area (Å²) in [6.45, 7) is 6.43. The second kappa shape index (κ2) is 4.47. The van der Waals surface area contributed by atoms with E-state index in [9.17, 15) is 0 Å². The van der Waals surface area contributed by atoms with E-state index in [0.717, 1.165) is 23.6 Å². The predicted molar refractivity (Wildman–Crippen MR) is 65.1 cm³/mol. The van der Waals surface area contributed by atoms with Gasteiger partial charge < -0.3 is 4.98 Å². The van der Waals surface area contributed by atoms with E-state index in [1.165, 1.54) is 5.56 Å². The highest BCUT2D eigenvalue weighted by molar-refractivity contribution is 5.54. The molecule has 3 nitrogen and oxygen atoms in total. The minimum atomic E-state index is 0.596. The Balaban J connectivity index is 2.21. The normalized spacial score (nSPS) is 11.0. The van der Waals surface area contributed by atoms with Crippen molar-refractivity contribution in [2.24, 2.45) is 5.92 Å². The molecule has 0 radical (unpaired) electrons. The molecule has 0 aliphatic rings. The number of nitrogens with zero attached hydrogens (tertiary/aromatic N) is 2.